The average molecular weight is 455 g/mol. The molecule has 1 N–H and O–H groups in total. The molecule has 4 aromatic rings. The third-order valence-electron chi connectivity index (χ3n) is 4.29. The van der Waals surface area contributed by atoms with Crippen LogP contribution in [0.2, 0.25) is 0 Å². The third kappa shape index (κ3) is 4.34. The van der Waals surface area contributed by atoms with E-state index in [2.05, 4.69) is 10.3 Å². The summed E-state index contributed by atoms with van der Waals surface area (Å²) in [4.78, 5) is 17.4. The lowest BCUT2D eigenvalue weighted by molar-refractivity contribution is 0.102. The van der Waals surface area contributed by atoms with Gasteiger partial charge in [-0.2, -0.15) is 0 Å². The molecule has 2 heterocycles. The second-order valence-corrected chi connectivity index (χ2v) is 8.92. The molecule has 0 aliphatic carbocycles. The molecule has 0 fully saturated rings. The minimum Gasteiger partial charge on any atom is -0.755 e. The van der Waals surface area contributed by atoms with Crippen LogP contribution >= 0.6 is 22.7 Å². The number of carbonyl (C=O) groups is 1. The van der Waals surface area contributed by atoms with E-state index in [1.165, 1.54) is 22.7 Å². The first-order valence-corrected chi connectivity index (χ1v) is 11.7. The number of hydrogen-bond donors (Lipinski definition) is 1. The van der Waals surface area contributed by atoms with E-state index in [1.54, 1.807) is 41.8 Å². The van der Waals surface area contributed by atoms with Gasteiger partial charge < -0.3 is 4.55 Å². The first-order valence-electron chi connectivity index (χ1n) is 8.89. The van der Waals surface area contributed by atoms with Crippen molar-refractivity contribution in [2.45, 2.75) is 6.92 Å². The van der Waals surface area contributed by atoms with Crippen LogP contribution in [-0.2, 0) is 11.3 Å². The van der Waals surface area contributed by atoms with Crippen LogP contribution in [0, 0.1) is 6.92 Å². The summed E-state index contributed by atoms with van der Waals surface area (Å²) in [5.41, 5.74) is 3.40. The maximum atomic E-state index is 13.0. The van der Waals surface area contributed by atoms with Crippen molar-refractivity contribution in [1.29, 1.82) is 0 Å². The minimum atomic E-state index is -2.58. The van der Waals surface area contributed by atoms with Crippen molar-refractivity contribution in [1.82, 2.24) is 4.98 Å². The Hall–Kier alpha value is -2.85. The van der Waals surface area contributed by atoms with Crippen LogP contribution in [0.5, 0.6) is 0 Å². The summed E-state index contributed by atoms with van der Waals surface area (Å²) in [5.74, 6) is -0.428. The van der Waals surface area contributed by atoms with Crippen LogP contribution in [0.15, 0.2) is 71.4 Å². The van der Waals surface area contributed by atoms with E-state index in [9.17, 15) is 13.6 Å². The van der Waals surface area contributed by atoms with Gasteiger partial charge in [-0.1, -0.05) is 42.0 Å². The van der Waals surface area contributed by atoms with Crippen molar-refractivity contribution < 1.29 is 13.6 Å². The van der Waals surface area contributed by atoms with Crippen LogP contribution in [0.4, 0.5) is 15.8 Å². The van der Waals surface area contributed by atoms with Gasteiger partial charge in [0.05, 0.1) is 28.2 Å². The van der Waals surface area contributed by atoms with Crippen molar-refractivity contribution in [2.24, 2.45) is 0 Å². The Morgan fingerprint density at radius 2 is 1.83 bits per heavy atom. The molecule has 2 aromatic heterocycles. The lowest BCUT2D eigenvalue weighted by Crippen LogP contribution is -2.23. The Morgan fingerprint density at radius 3 is 2.53 bits per heavy atom. The maximum absolute atomic E-state index is 13.0. The Bertz CT molecular complexity index is 1190. The fourth-order valence-corrected chi connectivity index (χ4v) is 5.05. The molecule has 0 bridgehead atoms. The van der Waals surface area contributed by atoms with Gasteiger partial charge in [0.25, 0.3) is 5.91 Å². The molecule has 0 aliphatic rings. The molecule has 2 aromatic carbocycles. The van der Waals surface area contributed by atoms with Gasteiger partial charge in [-0.3, -0.25) is 18.6 Å². The van der Waals surface area contributed by atoms with E-state index >= 15 is 0 Å². The number of hydrogen-bond acceptors (Lipinski definition) is 6. The van der Waals surface area contributed by atoms with Crippen molar-refractivity contribution in [3.05, 3.63) is 82.6 Å². The number of nitrogens with one attached hydrogen (secondary N) is 1. The van der Waals surface area contributed by atoms with E-state index in [0.717, 1.165) is 21.1 Å². The highest BCUT2D eigenvalue weighted by atomic mass is 32.2. The summed E-state index contributed by atoms with van der Waals surface area (Å²) < 4.78 is 24.9. The number of thiophene rings is 1. The number of aromatic nitrogens is 1. The van der Waals surface area contributed by atoms with E-state index in [4.69, 9.17) is 0 Å². The van der Waals surface area contributed by atoms with E-state index in [-0.39, 0.29) is 11.3 Å². The Kier molecular flexibility index (Phi) is 6.05. The van der Waals surface area contributed by atoms with Gasteiger partial charge in [0.1, 0.15) is 5.00 Å². The van der Waals surface area contributed by atoms with Crippen molar-refractivity contribution in [2.75, 3.05) is 9.62 Å². The van der Waals surface area contributed by atoms with Crippen LogP contribution in [0.3, 0.4) is 0 Å². The first-order chi connectivity index (χ1) is 14.5. The highest BCUT2D eigenvalue weighted by Gasteiger charge is 2.20. The van der Waals surface area contributed by atoms with E-state index < -0.39 is 17.2 Å². The van der Waals surface area contributed by atoms with Gasteiger partial charge in [-0.05, 0) is 36.6 Å². The summed E-state index contributed by atoms with van der Waals surface area (Å²) in [7, 11) is 0. The third-order valence-corrected chi connectivity index (χ3v) is 6.71. The molecule has 0 radical (unpaired) electrons. The topological polar surface area (TPSA) is 85.4 Å². The number of para-hydroxylation sites is 1. The van der Waals surface area contributed by atoms with Crippen LogP contribution < -0.4 is 9.62 Å². The Balaban J connectivity index is 1.61. The zero-order chi connectivity index (χ0) is 21.1. The summed E-state index contributed by atoms with van der Waals surface area (Å²) >= 11 is 0.00587. The Labute approximate surface area is 184 Å². The largest absolute Gasteiger partial charge is 0.755 e. The zero-order valence-electron chi connectivity index (χ0n) is 15.8. The monoisotopic (exact) mass is 454 g/mol. The molecule has 0 spiro atoms. The zero-order valence-corrected chi connectivity index (χ0v) is 18.2. The van der Waals surface area contributed by atoms with E-state index in [0.29, 0.717) is 10.1 Å². The average Bonchev–Trinajstić information content (AvgIpc) is 3.41. The highest BCUT2D eigenvalue weighted by molar-refractivity contribution is 7.81. The second kappa shape index (κ2) is 8.88. The van der Waals surface area contributed by atoms with Gasteiger partial charge >= 0.3 is 0 Å². The van der Waals surface area contributed by atoms with Gasteiger partial charge in [-0.25, -0.2) is 4.98 Å². The molecule has 4 rings (SSSR count). The predicted octanol–water partition coefficient (Wildman–Crippen LogP) is 5.36. The SMILES string of the molecule is Cc1ccc(-c2csc(NC(=O)c3ccccc3N(c3cccs3)S(=O)[O-])n2)cc1. The molecule has 30 heavy (non-hydrogen) atoms. The minimum absolute atomic E-state index is 0.238. The number of amides is 1. The van der Waals surface area contributed by atoms with Gasteiger partial charge in [-0.15, -0.1) is 22.7 Å². The molecule has 1 unspecified atom stereocenters. The molecule has 6 nitrogen and oxygen atoms in total. The lowest BCUT2D eigenvalue weighted by Gasteiger charge is -2.26. The quantitative estimate of drug-likeness (QED) is 0.397. The summed E-state index contributed by atoms with van der Waals surface area (Å²) in [6.45, 7) is 2.02. The fraction of sp³-hybridized carbons (Fsp3) is 0.0476. The number of thiazole rings is 1. The van der Waals surface area contributed by atoms with Crippen LogP contribution in [0.1, 0.15) is 15.9 Å². The summed E-state index contributed by atoms with van der Waals surface area (Å²) in [6.07, 6.45) is 0. The molecule has 9 heteroatoms. The normalized spacial score (nSPS) is 11.8. The molecule has 152 valence electrons. The number of nitrogens with zero attached hydrogens (tertiary/aromatic N) is 2. The summed E-state index contributed by atoms with van der Waals surface area (Å²) in [5, 5.41) is 7.37. The van der Waals surface area contributed by atoms with Crippen LogP contribution in [0.25, 0.3) is 11.3 Å². The molecular formula is C21H16N3O3S3-. The number of aryl methyl sites for hydroxylation is 1. The van der Waals surface area contributed by atoms with Crippen molar-refractivity contribution in [3.63, 3.8) is 0 Å². The second-order valence-electron chi connectivity index (χ2n) is 6.34. The van der Waals surface area contributed by atoms with Crippen molar-refractivity contribution in [3.8, 4) is 11.3 Å². The van der Waals surface area contributed by atoms with Gasteiger partial charge in [0.15, 0.2) is 5.13 Å². The fourth-order valence-electron chi connectivity index (χ4n) is 2.85. The van der Waals surface area contributed by atoms with Gasteiger partial charge in [0, 0.05) is 10.9 Å². The predicted molar refractivity (Wildman–Crippen MR) is 122 cm³/mol. The standard InChI is InChI=1S/C21H17N3O3S3/c1-14-8-10-15(11-9-14)17-13-29-21(22-17)23-20(25)16-5-2-3-6-18(16)24(30(26)27)19-7-4-12-28-19/h2-13H,1H3,(H,26,27)(H,22,23,25)/p-1. The van der Waals surface area contributed by atoms with E-state index in [1.807, 2.05) is 36.6 Å². The first kappa shape index (κ1) is 20.4. The van der Waals surface area contributed by atoms with Gasteiger partial charge in [0.2, 0.25) is 0 Å². The molecule has 1 amide bonds. The van der Waals surface area contributed by atoms with Crippen LogP contribution in [-0.4, -0.2) is 19.7 Å². The number of carbonyl (C=O) groups excluding carboxylic acids is 1. The molecular weight excluding hydrogens is 438 g/mol. The van der Waals surface area contributed by atoms with Crippen molar-refractivity contribution >= 4 is 55.7 Å². The molecule has 0 aliphatic heterocycles. The molecule has 0 saturated carbocycles. The smallest absolute Gasteiger partial charge is 0.259 e. The molecule has 0 saturated heterocycles. The summed E-state index contributed by atoms with van der Waals surface area (Å²) in [6, 6.07) is 18.0. The maximum Gasteiger partial charge on any atom is 0.259 e. The Morgan fingerprint density at radius 1 is 1.07 bits per heavy atom. The highest BCUT2D eigenvalue weighted by Crippen LogP contribution is 2.34. The number of benzene rings is 2. The lowest BCUT2D eigenvalue weighted by atomic mass is 10.1. The number of anilines is 3. The molecule has 1 atom stereocenters. The number of rotatable bonds is 6.